The maximum Gasteiger partial charge on any atom is 0.335 e. The molecule has 4 aromatic rings. The molecule has 4 rings (SSSR count). The van der Waals surface area contributed by atoms with Gasteiger partial charge < -0.3 is 0 Å². The fraction of sp³-hybridized carbons (Fsp3) is 0. The lowest BCUT2D eigenvalue weighted by atomic mass is 10.1. The van der Waals surface area contributed by atoms with E-state index < -0.39 is 11.6 Å². The Balaban J connectivity index is 0.000000196. The van der Waals surface area contributed by atoms with Gasteiger partial charge >= 0.3 is 11.6 Å². The van der Waals surface area contributed by atoms with Gasteiger partial charge in [-0.25, -0.2) is 0 Å². The highest BCUT2D eigenvalue weighted by atomic mass is 32.1. The molecule has 0 amide bonds. The predicted octanol–water partition coefficient (Wildman–Crippen LogP) is 7.04. The molecule has 0 heterocycles. The van der Waals surface area contributed by atoms with Crippen LogP contribution in [0.3, 0.4) is 0 Å². The van der Waals surface area contributed by atoms with E-state index in [4.69, 9.17) is 8.42 Å². The van der Waals surface area contributed by atoms with Gasteiger partial charge in [0.1, 0.15) is 0 Å². The van der Waals surface area contributed by atoms with Crippen LogP contribution in [0.1, 0.15) is 22.3 Å². The zero-order chi connectivity index (χ0) is 22.0. The van der Waals surface area contributed by atoms with Crippen molar-refractivity contribution >= 4 is 35.9 Å². The fourth-order valence-corrected chi connectivity index (χ4v) is 2.64. The van der Waals surface area contributed by atoms with Crippen molar-refractivity contribution in [1.29, 1.82) is 0 Å². The molecule has 0 spiro atoms. The monoisotopic (exact) mass is 424 g/mol. The summed E-state index contributed by atoms with van der Waals surface area (Å²) in [5.41, 5.74) is 4.93. The number of benzene rings is 4. The molecule has 0 radical (unpaired) electrons. The van der Waals surface area contributed by atoms with Crippen LogP contribution in [0.15, 0.2) is 121 Å². The van der Waals surface area contributed by atoms with Crippen molar-refractivity contribution in [1.82, 2.24) is 0 Å². The van der Waals surface area contributed by atoms with Gasteiger partial charge in [-0.2, -0.15) is 8.42 Å². The van der Waals surface area contributed by atoms with E-state index in [1.165, 1.54) is 22.3 Å². The van der Waals surface area contributed by atoms with Crippen LogP contribution in [0.4, 0.5) is 0 Å². The summed E-state index contributed by atoms with van der Waals surface area (Å²) in [5, 5.41) is 0. The van der Waals surface area contributed by atoms with Gasteiger partial charge in [-0.3, -0.25) is 0 Å². The Morgan fingerprint density at radius 1 is 0.355 bits per heavy atom. The summed E-state index contributed by atoms with van der Waals surface area (Å²) in [6, 6.07) is 41.3. The van der Waals surface area contributed by atoms with Gasteiger partial charge in [-0.05, 0) is 22.3 Å². The van der Waals surface area contributed by atoms with Crippen molar-refractivity contribution in [2.24, 2.45) is 0 Å². The van der Waals surface area contributed by atoms with E-state index in [0.717, 1.165) is 0 Å². The van der Waals surface area contributed by atoms with Crippen LogP contribution in [-0.2, 0) is 11.6 Å². The molecule has 0 aliphatic carbocycles. The van der Waals surface area contributed by atoms with E-state index in [2.05, 4.69) is 72.8 Å². The second kappa shape index (κ2) is 15.1. The fourth-order valence-electron chi connectivity index (χ4n) is 2.64. The third kappa shape index (κ3) is 10.5. The molecule has 0 aromatic heterocycles. The Bertz CT molecular complexity index is 901. The van der Waals surface area contributed by atoms with Crippen molar-refractivity contribution < 1.29 is 8.42 Å². The standard InChI is InChI=1S/2C14H12.O2S/c2*1-3-7-13(8-4-1)11-12-14-9-5-2-6-10-14;1-3-2/h2*1-12H;. The first-order valence-corrected chi connectivity index (χ1v) is 10.5. The van der Waals surface area contributed by atoms with Crippen molar-refractivity contribution in [3.8, 4) is 0 Å². The van der Waals surface area contributed by atoms with Crippen LogP contribution < -0.4 is 0 Å². The molecule has 0 saturated heterocycles. The molecule has 0 saturated carbocycles. The summed E-state index contributed by atoms with van der Waals surface area (Å²) in [7, 11) is 0. The largest absolute Gasteiger partial charge is 0.335 e. The van der Waals surface area contributed by atoms with Crippen LogP contribution in [0, 0.1) is 0 Å². The van der Waals surface area contributed by atoms with Gasteiger partial charge in [0.2, 0.25) is 0 Å². The summed E-state index contributed by atoms with van der Waals surface area (Å²) in [4.78, 5) is 0. The lowest BCUT2D eigenvalue weighted by molar-refractivity contribution is 0.630. The topological polar surface area (TPSA) is 34.1 Å². The Morgan fingerprint density at radius 3 is 0.677 bits per heavy atom. The zero-order valence-corrected chi connectivity index (χ0v) is 17.9. The summed E-state index contributed by atoms with van der Waals surface area (Å²) < 4.78 is 16.6. The SMILES string of the molecule is C(=Cc1ccccc1)c1ccccc1.C(=Cc1ccccc1)c1ccccc1.O=S=O. The average molecular weight is 425 g/mol. The first-order chi connectivity index (χ1) is 15.3. The Morgan fingerprint density at radius 2 is 0.516 bits per heavy atom. The normalized spacial score (nSPS) is 9.94. The lowest BCUT2D eigenvalue weighted by Crippen LogP contribution is -1.70. The summed E-state index contributed by atoms with van der Waals surface area (Å²) >= 11 is -0.750. The van der Waals surface area contributed by atoms with Crippen molar-refractivity contribution in [3.63, 3.8) is 0 Å². The molecule has 154 valence electrons. The molecule has 0 unspecified atom stereocenters. The van der Waals surface area contributed by atoms with Gasteiger partial charge in [0.25, 0.3) is 0 Å². The molecule has 0 fully saturated rings. The molecular weight excluding hydrogens is 400 g/mol. The second-order valence-electron chi connectivity index (χ2n) is 6.38. The molecule has 0 atom stereocenters. The van der Waals surface area contributed by atoms with Gasteiger partial charge in [0, 0.05) is 0 Å². The van der Waals surface area contributed by atoms with Crippen LogP contribution in [0.5, 0.6) is 0 Å². The minimum absolute atomic E-state index is 0.750. The molecule has 2 nitrogen and oxygen atoms in total. The van der Waals surface area contributed by atoms with E-state index in [9.17, 15) is 0 Å². The van der Waals surface area contributed by atoms with Crippen molar-refractivity contribution in [2.75, 3.05) is 0 Å². The van der Waals surface area contributed by atoms with Gasteiger partial charge in [-0.15, -0.1) is 0 Å². The smallest absolute Gasteiger partial charge is 0.168 e. The Kier molecular flexibility index (Phi) is 11.4. The minimum Gasteiger partial charge on any atom is -0.168 e. The molecule has 4 aromatic carbocycles. The minimum atomic E-state index is -0.750. The number of hydrogen-bond donors (Lipinski definition) is 0. The highest BCUT2D eigenvalue weighted by Gasteiger charge is 1.85. The molecule has 0 aliphatic heterocycles. The maximum absolute atomic E-state index is 8.29. The van der Waals surface area contributed by atoms with Gasteiger partial charge in [0.15, 0.2) is 0 Å². The first kappa shape index (κ1) is 23.5. The second-order valence-corrected chi connectivity index (χ2v) is 6.51. The van der Waals surface area contributed by atoms with Crippen molar-refractivity contribution in [3.05, 3.63) is 144 Å². The van der Waals surface area contributed by atoms with Crippen LogP contribution in [0.25, 0.3) is 24.3 Å². The third-order valence-corrected chi connectivity index (χ3v) is 4.13. The Labute approximate surface area is 187 Å². The third-order valence-electron chi connectivity index (χ3n) is 4.13. The molecule has 0 bridgehead atoms. The predicted molar refractivity (Wildman–Crippen MR) is 133 cm³/mol. The lowest BCUT2D eigenvalue weighted by Gasteiger charge is -1.92. The zero-order valence-electron chi connectivity index (χ0n) is 17.1. The maximum atomic E-state index is 8.29. The average Bonchev–Trinajstić information content (AvgIpc) is 2.85. The van der Waals surface area contributed by atoms with E-state index in [0.29, 0.717) is 0 Å². The van der Waals surface area contributed by atoms with Gasteiger partial charge in [-0.1, -0.05) is 146 Å². The van der Waals surface area contributed by atoms with E-state index in [-0.39, 0.29) is 0 Å². The van der Waals surface area contributed by atoms with E-state index in [1.807, 2.05) is 72.8 Å². The highest BCUT2D eigenvalue weighted by Crippen LogP contribution is 2.08. The first-order valence-electron chi connectivity index (χ1n) is 9.80. The van der Waals surface area contributed by atoms with Crippen LogP contribution >= 0.6 is 0 Å². The summed E-state index contributed by atoms with van der Waals surface area (Å²) in [6.07, 6.45) is 8.48. The molecule has 3 heteroatoms. The molecule has 0 aliphatic rings. The van der Waals surface area contributed by atoms with Crippen LogP contribution in [-0.4, -0.2) is 8.42 Å². The van der Waals surface area contributed by atoms with Gasteiger partial charge in [0.05, 0.1) is 0 Å². The molecule has 0 N–H and O–H groups in total. The summed E-state index contributed by atoms with van der Waals surface area (Å²) in [6.45, 7) is 0. The quantitative estimate of drug-likeness (QED) is 0.329. The number of hydrogen-bond acceptors (Lipinski definition) is 2. The number of rotatable bonds is 4. The Hall–Kier alpha value is -3.82. The van der Waals surface area contributed by atoms with E-state index in [1.54, 1.807) is 0 Å². The highest BCUT2D eigenvalue weighted by molar-refractivity contribution is 7.51. The van der Waals surface area contributed by atoms with E-state index >= 15 is 0 Å². The van der Waals surface area contributed by atoms with Crippen LogP contribution in [0.2, 0.25) is 0 Å². The summed E-state index contributed by atoms with van der Waals surface area (Å²) in [5.74, 6) is 0. The molecular formula is C28H24O2S. The molecule has 31 heavy (non-hydrogen) atoms. The van der Waals surface area contributed by atoms with Crippen molar-refractivity contribution in [2.45, 2.75) is 0 Å².